The van der Waals surface area contributed by atoms with Crippen molar-refractivity contribution in [3.63, 3.8) is 0 Å². The molecule has 0 spiro atoms. The lowest BCUT2D eigenvalue weighted by molar-refractivity contribution is 0.980. The van der Waals surface area contributed by atoms with Gasteiger partial charge in [0, 0.05) is 23.9 Å². The van der Waals surface area contributed by atoms with Gasteiger partial charge in [0.05, 0.1) is 9.26 Å². The number of hydrogen-bond donors (Lipinski definition) is 1. The quantitative estimate of drug-likeness (QED) is 0.845. The van der Waals surface area contributed by atoms with Crippen LogP contribution in [0.5, 0.6) is 0 Å². The fourth-order valence-electron chi connectivity index (χ4n) is 1.93. The lowest BCUT2D eigenvalue weighted by Gasteiger charge is -2.09. The van der Waals surface area contributed by atoms with Crippen LogP contribution in [0.3, 0.4) is 0 Å². The lowest BCUT2D eigenvalue weighted by atomic mass is 10.1. The molecule has 1 aliphatic rings. The van der Waals surface area contributed by atoms with Gasteiger partial charge in [0.25, 0.3) is 0 Å². The number of aryl methyl sites for hydroxylation is 1. The minimum atomic E-state index is 0.568. The molecular formula is C13H13IN4. The second kappa shape index (κ2) is 4.46. The number of hydrogen-bond acceptors (Lipinski definition) is 4. The SMILES string of the molecule is Cc1ccncc1-c1nc(N)c(I)c(C2CC2)n1. The topological polar surface area (TPSA) is 64.7 Å². The highest BCUT2D eigenvalue weighted by Gasteiger charge is 2.29. The third-order valence-corrected chi connectivity index (χ3v) is 4.25. The number of anilines is 1. The minimum absolute atomic E-state index is 0.568. The first-order valence-corrected chi connectivity index (χ1v) is 6.98. The normalized spacial score (nSPS) is 14.8. The molecule has 4 nitrogen and oxygen atoms in total. The van der Waals surface area contributed by atoms with Crippen LogP contribution in [0.15, 0.2) is 18.5 Å². The second-order valence-corrected chi connectivity index (χ2v) is 5.68. The van der Waals surface area contributed by atoms with Crippen LogP contribution in [0.1, 0.15) is 30.0 Å². The number of nitrogen functional groups attached to an aromatic ring is 1. The highest BCUT2D eigenvalue weighted by Crippen LogP contribution is 2.42. The molecule has 0 radical (unpaired) electrons. The zero-order chi connectivity index (χ0) is 12.7. The van der Waals surface area contributed by atoms with Crippen LogP contribution in [0.2, 0.25) is 0 Å². The van der Waals surface area contributed by atoms with Gasteiger partial charge in [0.1, 0.15) is 5.82 Å². The van der Waals surface area contributed by atoms with Gasteiger partial charge in [-0.15, -0.1) is 0 Å². The molecule has 0 bridgehead atoms. The van der Waals surface area contributed by atoms with E-state index in [0.29, 0.717) is 17.6 Å². The zero-order valence-electron chi connectivity index (χ0n) is 10.0. The first-order chi connectivity index (χ1) is 8.66. The standard InChI is InChI=1S/C13H13IN4/c1-7-4-5-16-6-9(7)13-17-11(8-2-3-8)10(14)12(15)18-13/h4-6,8H,2-3H2,1H3,(H2,15,17,18). The largest absolute Gasteiger partial charge is 0.383 e. The second-order valence-electron chi connectivity index (χ2n) is 4.60. The molecule has 3 rings (SSSR count). The third-order valence-electron chi connectivity index (χ3n) is 3.15. The van der Waals surface area contributed by atoms with Gasteiger partial charge in [0.2, 0.25) is 0 Å². The van der Waals surface area contributed by atoms with Crippen molar-refractivity contribution in [3.05, 3.63) is 33.3 Å². The Balaban J connectivity index is 2.16. The smallest absolute Gasteiger partial charge is 0.163 e. The highest BCUT2D eigenvalue weighted by molar-refractivity contribution is 14.1. The maximum atomic E-state index is 6.00. The Morgan fingerprint density at radius 1 is 1.33 bits per heavy atom. The molecule has 1 saturated carbocycles. The van der Waals surface area contributed by atoms with Gasteiger partial charge < -0.3 is 5.73 Å². The average Bonchev–Trinajstić information content (AvgIpc) is 3.17. The van der Waals surface area contributed by atoms with Gasteiger partial charge in [-0.2, -0.15) is 0 Å². The van der Waals surface area contributed by atoms with E-state index in [-0.39, 0.29) is 0 Å². The summed E-state index contributed by atoms with van der Waals surface area (Å²) in [6, 6.07) is 1.96. The van der Waals surface area contributed by atoms with Crippen molar-refractivity contribution in [2.45, 2.75) is 25.7 Å². The van der Waals surface area contributed by atoms with Crippen LogP contribution in [-0.2, 0) is 0 Å². The van der Waals surface area contributed by atoms with Crippen molar-refractivity contribution in [2.75, 3.05) is 5.73 Å². The first kappa shape index (κ1) is 11.8. The minimum Gasteiger partial charge on any atom is -0.383 e. The summed E-state index contributed by atoms with van der Waals surface area (Å²) in [4.78, 5) is 13.2. The maximum absolute atomic E-state index is 6.00. The molecular weight excluding hydrogens is 339 g/mol. The predicted molar refractivity (Wildman–Crippen MR) is 79.1 cm³/mol. The fourth-order valence-corrected chi connectivity index (χ4v) is 2.61. The molecule has 1 fully saturated rings. The fraction of sp³-hybridized carbons (Fsp3) is 0.308. The molecule has 0 aromatic carbocycles. The van der Waals surface area contributed by atoms with E-state index in [4.69, 9.17) is 5.73 Å². The monoisotopic (exact) mass is 352 g/mol. The summed E-state index contributed by atoms with van der Waals surface area (Å²) in [6.07, 6.45) is 5.99. The molecule has 0 amide bonds. The van der Waals surface area contributed by atoms with E-state index in [1.165, 1.54) is 12.8 Å². The number of aromatic nitrogens is 3. The van der Waals surface area contributed by atoms with Gasteiger partial charge in [-0.1, -0.05) is 0 Å². The van der Waals surface area contributed by atoms with E-state index >= 15 is 0 Å². The summed E-state index contributed by atoms with van der Waals surface area (Å²) in [7, 11) is 0. The molecule has 0 aliphatic heterocycles. The highest BCUT2D eigenvalue weighted by atomic mass is 127. The van der Waals surface area contributed by atoms with Crippen LogP contribution < -0.4 is 5.73 Å². The molecule has 0 atom stereocenters. The first-order valence-electron chi connectivity index (χ1n) is 5.90. The molecule has 2 heterocycles. The molecule has 1 aliphatic carbocycles. The Bertz CT molecular complexity index is 608. The number of rotatable bonds is 2. The summed E-state index contributed by atoms with van der Waals surface area (Å²) in [5.41, 5.74) is 9.17. The Morgan fingerprint density at radius 3 is 2.78 bits per heavy atom. The number of nitrogens with two attached hydrogens (primary N) is 1. The molecule has 2 N–H and O–H groups in total. The van der Waals surface area contributed by atoms with E-state index in [0.717, 1.165) is 20.4 Å². The van der Waals surface area contributed by atoms with Crippen molar-refractivity contribution in [3.8, 4) is 11.4 Å². The summed E-state index contributed by atoms with van der Waals surface area (Å²) in [6.45, 7) is 2.03. The number of nitrogens with zero attached hydrogens (tertiary/aromatic N) is 3. The number of pyridine rings is 1. The van der Waals surface area contributed by atoms with E-state index in [9.17, 15) is 0 Å². The Hall–Kier alpha value is -1.24. The molecule has 18 heavy (non-hydrogen) atoms. The van der Waals surface area contributed by atoms with E-state index in [2.05, 4.69) is 37.5 Å². The molecule has 0 saturated heterocycles. The van der Waals surface area contributed by atoms with Gasteiger partial charge in [-0.25, -0.2) is 9.97 Å². The Labute approximate surface area is 119 Å². The van der Waals surface area contributed by atoms with Gasteiger partial charge in [-0.05, 0) is 54.0 Å². The molecule has 2 aromatic heterocycles. The summed E-state index contributed by atoms with van der Waals surface area (Å²) in [5, 5.41) is 0. The lowest BCUT2D eigenvalue weighted by Crippen LogP contribution is -2.05. The van der Waals surface area contributed by atoms with Crippen molar-refractivity contribution in [1.82, 2.24) is 15.0 Å². The van der Waals surface area contributed by atoms with Crippen LogP contribution in [0.25, 0.3) is 11.4 Å². The van der Waals surface area contributed by atoms with Crippen LogP contribution in [0, 0.1) is 10.5 Å². The van der Waals surface area contributed by atoms with Crippen molar-refractivity contribution in [2.24, 2.45) is 0 Å². The summed E-state index contributed by atoms with van der Waals surface area (Å²) in [5.74, 6) is 1.84. The summed E-state index contributed by atoms with van der Waals surface area (Å²) < 4.78 is 1.00. The molecule has 2 aromatic rings. The zero-order valence-corrected chi connectivity index (χ0v) is 12.2. The van der Waals surface area contributed by atoms with Crippen LogP contribution >= 0.6 is 22.6 Å². The average molecular weight is 352 g/mol. The molecule has 92 valence electrons. The van der Waals surface area contributed by atoms with Crippen LogP contribution in [-0.4, -0.2) is 15.0 Å². The Kier molecular flexibility index (Phi) is 2.93. The molecule has 5 heteroatoms. The Morgan fingerprint density at radius 2 is 2.11 bits per heavy atom. The van der Waals surface area contributed by atoms with Crippen molar-refractivity contribution >= 4 is 28.4 Å². The van der Waals surface area contributed by atoms with E-state index < -0.39 is 0 Å². The summed E-state index contributed by atoms with van der Waals surface area (Å²) >= 11 is 2.24. The van der Waals surface area contributed by atoms with Crippen LogP contribution in [0.4, 0.5) is 5.82 Å². The maximum Gasteiger partial charge on any atom is 0.163 e. The van der Waals surface area contributed by atoms with Crippen molar-refractivity contribution < 1.29 is 0 Å². The van der Waals surface area contributed by atoms with Gasteiger partial charge in [0.15, 0.2) is 5.82 Å². The third kappa shape index (κ3) is 2.07. The number of halogens is 1. The van der Waals surface area contributed by atoms with Crippen molar-refractivity contribution in [1.29, 1.82) is 0 Å². The van der Waals surface area contributed by atoms with Gasteiger partial charge in [-0.3, -0.25) is 4.98 Å². The van der Waals surface area contributed by atoms with E-state index in [1.54, 1.807) is 12.4 Å². The predicted octanol–water partition coefficient (Wildman–Crippen LogP) is 2.91. The van der Waals surface area contributed by atoms with E-state index in [1.807, 2.05) is 13.0 Å². The molecule has 0 unspecified atom stereocenters. The van der Waals surface area contributed by atoms with Gasteiger partial charge >= 0.3 is 0 Å².